The van der Waals surface area contributed by atoms with E-state index in [-0.39, 0.29) is 0 Å². The number of nitrogens with one attached hydrogen (secondary N) is 2. The highest BCUT2D eigenvalue weighted by Crippen LogP contribution is 2.13. The van der Waals surface area contributed by atoms with Crippen molar-refractivity contribution in [3.63, 3.8) is 0 Å². The first-order valence-corrected chi connectivity index (χ1v) is 4.58. The van der Waals surface area contributed by atoms with Gasteiger partial charge in [0, 0.05) is 18.8 Å². The van der Waals surface area contributed by atoms with Crippen molar-refractivity contribution < 1.29 is 0 Å². The molecule has 0 fully saturated rings. The van der Waals surface area contributed by atoms with E-state index in [0.717, 1.165) is 12.2 Å². The van der Waals surface area contributed by atoms with Crippen molar-refractivity contribution in [3.05, 3.63) is 24.0 Å². The predicted molar refractivity (Wildman–Crippen MR) is 55.8 cm³/mol. The number of rotatable bonds is 4. The van der Waals surface area contributed by atoms with E-state index in [0.29, 0.717) is 6.04 Å². The molecule has 0 aliphatic rings. The third-order valence-electron chi connectivity index (χ3n) is 1.72. The van der Waals surface area contributed by atoms with Crippen molar-refractivity contribution in [1.29, 1.82) is 0 Å². The van der Waals surface area contributed by atoms with Crippen LogP contribution in [0.5, 0.6) is 0 Å². The van der Waals surface area contributed by atoms with E-state index in [1.54, 1.807) is 0 Å². The molecule has 0 unspecified atom stereocenters. The summed E-state index contributed by atoms with van der Waals surface area (Å²) in [5, 5.41) is 6.49. The largest absolute Gasteiger partial charge is 0.381 e. The summed E-state index contributed by atoms with van der Waals surface area (Å²) in [5.74, 6) is 0. The number of pyridine rings is 1. The second-order valence-electron chi connectivity index (χ2n) is 3.36. The Balaban J connectivity index is 2.78. The smallest absolute Gasteiger partial charge is 0.0574 e. The highest BCUT2D eigenvalue weighted by Gasteiger charge is 2.01. The molecular formula is C10H17N3. The lowest BCUT2D eigenvalue weighted by Crippen LogP contribution is -2.14. The molecule has 0 aromatic carbocycles. The fourth-order valence-electron chi connectivity index (χ4n) is 1.21. The van der Waals surface area contributed by atoms with Gasteiger partial charge in [0.15, 0.2) is 0 Å². The molecule has 1 rings (SSSR count). The molecule has 1 aromatic heterocycles. The lowest BCUT2D eigenvalue weighted by Gasteiger charge is -2.13. The highest BCUT2D eigenvalue weighted by molar-refractivity contribution is 5.49. The number of hydrogen-bond acceptors (Lipinski definition) is 3. The van der Waals surface area contributed by atoms with E-state index in [9.17, 15) is 0 Å². The van der Waals surface area contributed by atoms with E-state index in [2.05, 4.69) is 29.5 Å². The average Bonchev–Trinajstić information content (AvgIpc) is 2.08. The van der Waals surface area contributed by atoms with Crippen molar-refractivity contribution in [1.82, 2.24) is 10.3 Å². The van der Waals surface area contributed by atoms with E-state index in [1.807, 2.05) is 25.5 Å². The van der Waals surface area contributed by atoms with Crippen molar-refractivity contribution in [2.75, 3.05) is 12.4 Å². The maximum atomic E-state index is 4.09. The standard InChI is InChI=1S/C10H17N3/c1-8(2)13-10-7-12-5-4-9(10)6-11-3/h4-5,7-8,11,13H,6H2,1-3H3. The minimum Gasteiger partial charge on any atom is -0.381 e. The third-order valence-corrected chi connectivity index (χ3v) is 1.72. The Hall–Kier alpha value is -1.09. The van der Waals surface area contributed by atoms with Gasteiger partial charge in [-0.15, -0.1) is 0 Å². The van der Waals surface area contributed by atoms with Crippen LogP contribution < -0.4 is 10.6 Å². The van der Waals surface area contributed by atoms with Gasteiger partial charge in [-0.2, -0.15) is 0 Å². The summed E-state index contributed by atoms with van der Waals surface area (Å²) in [6, 6.07) is 2.47. The van der Waals surface area contributed by atoms with Gasteiger partial charge < -0.3 is 10.6 Å². The number of hydrogen-bond donors (Lipinski definition) is 2. The van der Waals surface area contributed by atoms with Crippen LogP contribution in [0.15, 0.2) is 18.5 Å². The van der Waals surface area contributed by atoms with Gasteiger partial charge in [0.2, 0.25) is 0 Å². The summed E-state index contributed by atoms with van der Waals surface area (Å²) in [5.41, 5.74) is 2.37. The van der Waals surface area contributed by atoms with Gasteiger partial charge in [-0.25, -0.2) is 0 Å². The van der Waals surface area contributed by atoms with Gasteiger partial charge in [-0.05, 0) is 32.5 Å². The minimum absolute atomic E-state index is 0.444. The van der Waals surface area contributed by atoms with Crippen LogP contribution in [0, 0.1) is 0 Å². The molecule has 2 N–H and O–H groups in total. The van der Waals surface area contributed by atoms with E-state index < -0.39 is 0 Å². The maximum absolute atomic E-state index is 4.09. The Morgan fingerprint density at radius 1 is 1.46 bits per heavy atom. The topological polar surface area (TPSA) is 37.0 Å². The molecule has 0 bridgehead atoms. The van der Waals surface area contributed by atoms with Crippen LogP contribution in [-0.4, -0.2) is 18.1 Å². The number of anilines is 1. The molecule has 1 aromatic rings. The van der Waals surface area contributed by atoms with E-state index in [1.165, 1.54) is 5.56 Å². The molecule has 0 aliphatic heterocycles. The second kappa shape index (κ2) is 4.82. The van der Waals surface area contributed by atoms with Crippen LogP contribution in [0.2, 0.25) is 0 Å². The third kappa shape index (κ3) is 3.03. The average molecular weight is 179 g/mol. The second-order valence-corrected chi connectivity index (χ2v) is 3.36. The zero-order valence-electron chi connectivity index (χ0n) is 8.46. The lowest BCUT2D eigenvalue weighted by atomic mass is 10.2. The fraction of sp³-hybridized carbons (Fsp3) is 0.500. The van der Waals surface area contributed by atoms with Crippen LogP contribution in [-0.2, 0) is 6.54 Å². The summed E-state index contributed by atoms with van der Waals surface area (Å²) in [4.78, 5) is 4.09. The van der Waals surface area contributed by atoms with Crippen molar-refractivity contribution in [2.45, 2.75) is 26.4 Å². The molecule has 0 atom stereocenters. The summed E-state index contributed by atoms with van der Waals surface area (Å²) < 4.78 is 0. The molecule has 0 saturated heterocycles. The Labute approximate surface area is 79.6 Å². The van der Waals surface area contributed by atoms with Crippen molar-refractivity contribution in [3.8, 4) is 0 Å². The number of aromatic nitrogens is 1. The molecule has 3 nitrogen and oxygen atoms in total. The fourth-order valence-corrected chi connectivity index (χ4v) is 1.21. The molecule has 13 heavy (non-hydrogen) atoms. The van der Waals surface area contributed by atoms with Crippen LogP contribution >= 0.6 is 0 Å². The monoisotopic (exact) mass is 179 g/mol. The maximum Gasteiger partial charge on any atom is 0.0574 e. The van der Waals surface area contributed by atoms with Crippen molar-refractivity contribution in [2.24, 2.45) is 0 Å². The molecule has 0 radical (unpaired) electrons. The Morgan fingerprint density at radius 3 is 2.85 bits per heavy atom. The van der Waals surface area contributed by atoms with Crippen LogP contribution in [0.3, 0.4) is 0 Å². The van der Waals surface area contributed by atoms with Gasteiger partial charge in [0.1, 0.15) is 0 Å². The van der Waals surface area contributed by atoms with Gasteiger partial charge in [-0.3, -0.25) is 4.98 Å². The molecule has 0 aliphatic carbocycles. The molecule has 0 spiro atoms. The van der Waals surface area contributed by atoms with Gasteiger partial charge in [-0.1, -0.05) is 0 Å². The first-order valence-electron chi connectivity index (χ1n) is 4.58. The molecule has 0 saturated carbocycles. The Kier molecular flexibility index (Phi) is 3.71. The van der Waals surface area contributed by atoms with Gasteiger partial charge in [0.05, 0.1) is 11.9 Å². The molecule has 72 valence electrons. The van der Waals surface area contributed by atoms with Crippen molar-refractivity contribution >= 4 is 5.69 Å². The van der Waals surface area contributed by atoms with Gasteiger partial charge >= 0.3 is 0 Å². The first kappa shape index (κ1) is 9.99. The molecule has 0 amide bonds. The van der Waals surface area contributed by atoms with E-state index >= 15 is 0 Å². The van der Waals surface area contributed by atoms with Gasteiger partial charge in [0.25, 0.3) is 0 Å². The molecule has 3 heteroatoms. The Bertz CT molecular complexity index is 258. The summed E-state index contributed by atoms with van der Waals surface area (Å²) in [6.45, 7) is 5.11. The van der Waals surface area contributed by atoms with E-state index in [4.69, 9.17) is 0 Å². The minimum atomic E-state index is 0.444. The summed E-state index contributed by atoms with van der Waals surface area (Å²) >= 11 is 0. The number of nitrogens with zero attached hydrogens (tertiary/aromatic N) is 1. The lowest BCUT2D eigenvalue weighted by molar-refractivity contribution is 0.809. The quantitative estimate of drug-likeness (QED) is 0.737. The Morgan fingerprint density at radius 2 is 2.23 bits per heavy atom. The highest BCUT2D eigenvalue weighted by atomic mass is 14.9. The summed E-state index contributed by atoms with van der Waals surface area (Å²) in [7, 11) is 1.94. The SMILES string of the molecule is CNCc1ccncc1NC(C)C. The molecule has 1 heterocycles. The van der Waals surface area contributed by atoms with Crippen LogP contribution in [0.1, 0.15) is 19.4 Å². The molecular weight excluding hydrogens is 162 g/mol. The zero-order chi connectivity index (χ0) is 9.68. The first-order chi connectivity index (χ1) is 6.24. The van der Waals surface area contributed by atoms with Crippen LogP contribution in [0.25, 0.3) is 0 Å². The zero-order valence-corrected chi connectivity index (χ0v) is 8.46. The normalized spacial score (nSPS) is 10.5. The van der Waals surface area contributed by atoms with Crippen LogP contribution in [0.4, 0.5) is 5.69 Å². The summed E-state index contributed by atoms with van der Waals surface area (Å²) in [6.07, 6.45) is 3.69. The predicted octanol–water partition coefficient (Wildman–Crippen LogP) is 1.62.